The summed E-state index contributed by atoms with van der Waals surface area (Å²) < 4.78 is 10.9. The normalized spacial score (nSPS) is 10.5. The molecule has 2 aromatic carbocycles. The minimum Gasteiger partial charge on any atom is -0.497 e. The number of aryl methyl sites for hydroxylation is 1. The van der Waals surface area contributed by atoms with Gasteiger partial charge in [-0.15, -0.1) is 11.8 Å². The predicted molar refractivity (Wildman–Crippen MR) is 104 cm³/mol. The first-order valence-electron chi connectivity index (χ1n) is 8.19. The molecule has 6 heteroatoms. The lowest BCUT2D eigenvalue weighted by molar-refractivity contribution is -0.113. The Kier molecular flexibility index (Phi) is 5.96. The Balaban J connectivity index is 1.53. The lowest BCUT2D eigenvalue weighted by Gasteiger charge is -2.06. The number of carbonyl (C=O) groups excluding carboxylic acids is 1. The van der Waals surface area contributed by atoms with E-state index in [0.717, 1.165) is 22.7 Å². The molecule has 1 N–H and O–H groups in total. The van der Waals surface area contributed by atoms with Gasteiger partial charge in [0, 0.05) is 23.1 Å². The summed E-state index contributed by atoms with van der Waals surface area (Å²) in [5, 5.41) is 2.86. The first kappa shape index (κ1) is 18.1. The van der Waals surface area contributed by atoms with Crippen molar-refractivity contribution in [3.8, 4) is 17.2 Å². The fourth-order valence-corrected chi connectivity index (χ4v) is 3.23. The van der Waals surface area contributed by atoms with Crippen LogP contribution in [0.15, 0.2) is 59.0 Å². The number of nitrogens with one attached hydrogen (secondary N) is 1. The minimum atomic E-state index is -0.0623. The number of benzene rings is 2. The predicted octanol–water partition coefficient (Wildman–Crippen LogP) is 4.53. The van der Waals surface area contributed by atoms with Gasteiger partial charge in [0.05, 0.1) is 18.6 Å². The van der Waals surface area contributed by atoms with Crippen LogP contribution in [0.2, 0.25) is 0 Å². The second-order valence-electron chi connectivity index (χ2n) is 5.66. The van der Waals surface area contributed by atoms with E-state index in [1.54, 1.807) is 13.2 Å². The van der Waals surface area contributed by atoms with Gasteiger partial charge in [-0.05, 0) is 31.2 Å². The van der Waals surface area contributed by atoms with Crippen molar-refractivity contribution in [1.82, 2.24) is 4.98 Å². The fraction of sp³-hybridized carbons (Fsp3) is 0.200. The number of hydrogen-bond acceptors (Lipinski definition) is 5. The van der Waals surface area contributed by atoms with Gasteiger partial charge in [0.15, 0.2) is 0 Å². The highest BCUT2D eigenvalue weighted by Gasteiger charge is 2.12. The zero-order valence-corrected chi connectivity index (χ0v) is 15.5. The van der Waals surface area contributed by atoms with Crippen molar-refractivity contribution in [1.29, 1.82) is 0 Å². The Morgan fingerprint density at radius 3 is 2.77 bits per heavy atom. The number of anilines is 1. The van der Waals surface area contributed by atoms with Crippen molar-refractivity contribution in [3.05, 3.63) is 66.1 Å². The van der Waals surface area contributed by atoms with E-state index < -0.39 is 0 Å². The standard InChI is InChI=1S/C20H20N2O3S/c1-14-18(22-20(25-14)15-7-4-3-5-8-15)12-26-13-19(23)21-16-9-6-10-17(11-16)24-2/h3-11H,12-13H2,1-2H3,(H,21,23). The molecular weight excluding hydrogens is 348 g/mol. The second-order valence-corrected chi connectivity index (χ2v) is 6.65. The molecule has 0 saturated carbocycles. The molecule has 0 bridgehead atoms. The fourth-order valence-electron chi connectivity index (χ4n) is 2.40. The summed E-state index contributed by atoms with van der Waals surface area (Å²) in [6.45, 7) is 1.89. The number of rotatable bonds is 7. The van der Waals surface area contributed by atoms with Gasteiger partial charge in [0.25, 0.3) is 0 Å². The number of oxazole rings is 1. The smallest absolute Gasteiger partial charge is 0.234 e. The van der Waals surface area contributed by atoms with Crippen molar-refractivity contribution < 1.29 is 13.9 Å². The van der Waals surface area contributed by atoms with Gasteiger partial charge >= 0.3 is 0 Å². The van der Waals surface area contributed by atoms with E-state index in [1.807, 2.05) is 55.5 Å². The number of methoxy groups -OCH3 is 1. The molecule has 0 spiro atoms. The maximum Gasteiger partial charge on any atom is 0.234 e. The average molecular weight is 368 g/mol. The lowest BCUT2D eigenvalue weighted by Crippen LogP contribution is -2.14. The monoisotopic (exact) mass is 368 g/mol. The third-order valence-electron chi connectivity index (χ3n) is 3.74. The molecule has 3 rings (SSSR count). The molecule has 1 amide bonds. The Hall–Kier alpha value is -2.73. The van der Waals surface area contributed by atoms with Gasteiger partial charge in [0.1, 0.15) is 11.5 Å². The lowest BCUT2D eigenvalue weighted by atomic mass is 10.2. The molecule has 5 nitrogen and oxygen atoms in total. The summed E-state index contributed by atoms with van der Waals surface area (Å²) in [6.07, 6.45) is 0. The Morgan fingerprint density at radius 1 is 1.19 bits per heavy atom. The van der Waals surface area contributed by atoms with E-state index in [1.165, 1.54) is 11.8 Å². The van der Waals surface area contributed by atoms with Gasteiger partial charge in [-0.3, -0.25) is 4.79 Å². The molecule has 0 fully saturated rings. The molecule has 0 aliphatic heterocycles. The first-order valence-corrected chi connectivity index (χ1v) is 9.34. The van der Waals surface area contributed by atoms with Gasteiger partial charge in [0.2, 0.25) is 11.8 Å². The molecule has 0 aliphatic rings. The highest BCUT2D eigenvalue weighted by molar-refractivity contribution is 7.99. The Bertz CT molecular complexity index is 878. The molecule has 0 unspecified atom stereocenters. The van der Waals surface area contributed by atoms with E-state index in [0.29, 0.717) is 23.1 Å². The summed E-state index contributed by atoms with van der Waals surface area (Å²) in [6, 6.07) is 17.1. The summed E-state index contributed by atoms with van der Waals surface area (Å²) in [4.78, 5) is 16.6. The molecule has 26 heavy (non-hydrogen) atoms. The molecule has 1 aromatic heterocycles. The van der Waals surface area contributed by atoms with Crippen molar-refractivity contribution >= 4 is 23.4 Å². The molecule has 134 valence electrons. The highest BCUT2D eigenvalue weighted by Crippen LogP contribution is 2.24. The zero-order valence-electron chi connectivity index (χ0n) is 14.7. The van der Waals surface area contributed by atoms with E-state index >= 15 is 0 Å². The molecule has 0 radical (unpaired) electrons. The van der Waals surface area contributed by atoms with Crippen LogP contribution in [-0.2, 0) is 10.5 Å². The third-order valence-corrected chi connectivity index (χ3v) is 4.68. The Labute approximate surface area is 156 Å². The van der Waals surface area contributed by atoms with Crippen LogP contribution in [0, 0.1) is 6.92 Å². The van der Waals surface area contributed by atoms with Crippen LogP contribution in [0.4, 0.5) is 5.69 Å². The quantitative estimate of drug-likeness (QED) is 0.664. The van der Waals surface area contributed by atoms with E-state index in [9.17, 15) is 4.79 Å². The second kappa shape index (κ2) is 8.58. The molecule has 0 aliphatic carbocycles. The number of ether oxygens (including phenoxy) is 1. The number of thioether (sulfide) groups is 1. The average Bonchev–Trinajstić information content (AvgIpc) is 3.03. The first-order chi connectivity index (χ1) is 12.7. The van der Waals surface area contributed by atoms with Gasteiger partial charge in [-0.25, -0.2) is 4.98 Å². The molecule has 0 atom stereocenters. The highest BCUT2D eigenvalue weighted by atomic mass is 32.2. The van der Waals surface area contributed by atoms with Crippen LogP contribution < -0.4 is 10.1 Å². The molecular formula is C20H20N2O3S. The third kappa shape index (κ3) is 4.67. The number of hydrogen-bond donors (Lipinski definition) is 1. The summed E-state index contributed by atoms with van der Waals surface area (Å²) >= 11 is 1.50. The minimum absolute atomic E-state index is 0.0623. The van der Waals surface area contributed by atoms with E-state index in [4.69, 9.17) is 9.15 Å². The Morgan fingerprint density at radius 2 is 2.00 bits per heavy atom. The van der Waals surface area contributed by atoms with Crippen LogP contribution in [0.3, 0.4) is 0 Å². The van der Waals surface area contributed by atoms with Crippen LogP contribution in [0.5, 0.6) is 5.75 Å². The van der Waals surface area contributed by atoms with Crippen molar-refractivity contribution in [2.75, 3.05) is 18.2 Å². The molecule has 3 aromatic rings. The van der Waals surface area contributed by atoms with Crippen molar-refractivity contribution in [3.63, 3.8) is 0 Å². The van der Waals surface area contributed by atoms with Crippen LogP contribution >= 0.6 is 11.8 Å². The number of nitrogens with zero attached hydrogens (tertiary/aromatic N) is 1. The largest absolute Gasteiger partial charge is 0.497 e. The maximum atomic E-state index is 12.1. The molecule has 1 heterocycles. The van der Waals surface area contributed by atoms with Crippen LogP contribution in [-0.4, -0.2) is 23.8 Å². The summed E-state index contributed by atoms with van der Waals surface area (Å²) in [7, 11) is 1.60. The SMILES string of the molecule is COc1cccc(NC(=O)CSCc2nc(-c3ccccc3)oc2C)c1. The van der Waals surface area contributed by atoms with Gasteiger partial charge < -0.3 is 14.5 Å². The van der Waals surface area contributed by atoms with Gasteiger partial charge in [-0.1, -0.05) is 24.3 Å². The van der Waals surface area contributed by atoms with E-state index in [-0.39, 0.29) is 5.91 Å². The topological polar surface area (TPSA) is 64.4 Å². The zero-order chi connectivity index (χ0) is 18.4. The number of aromatic nitrogens is 1. The molecule has 0 saturated heterocycles. The van der Waals surface area contributed by atoms with Crippen LogP contribution in [0.25, 0.3) is 11.5 Å². The van der Waals surface area contributed by atoms with Crippen LogP contribution in [0.1, 0.15) is 11.5 Å². The maximum absolute atomic E-state index is 12.1. The van der Waals surface area contributed by atoms with Crippen molar-refractivity contribution in [2.45, 2.75) is 12.7 Å². The summed E-state index contributed by atoms with van der Waals surface area (Å²) in [5.41, 5.74) is 2.53. The summed E-state index contributed by atoms with van der Waals surface area (Å²) in [5.74, 6) is 3.00. The van der Waals surface area contributed by atoms with E-state index in [2.05, 4.69) is 10.3 Å². The number of amides is 1. The van der Waals surface area contributed by atoms with Gasteiger partial charge in [-0.2, -0.15) is 0 Å². The number of carbonyl (C=O) groups is 1. The van der Waals surface area contributed by atoms with Crippen molar-refractivity contribution in [2.24, 2.45) is 0 Å².